The maximum atomic E-state index is 11.7. The van der Waals surface area contributed by atoms with E-state index in [2.05, 4.69) is 10.0 Å². The van der Waals surface area contributed by atoms with Gasteiger partial charge < -0.3 is 11.1 Å². The van der Waals surface area contributed by atoms with Gasteiger partial charge in [-0.3, -0.25) is 4.79 Å². The molecular weight excluding hydrogens is 254 g/mol. The lowest BCUT2D eigenvalue weighted by Crippen LogP contribution is -2.35. The molecule has 1 amide bonds. The molecule has 0 aromatic heterocycles. The van der Waals surface area contributed by atoms with E-state index < -0.39 is 10.0 Å². The van der Waals surface area contributed by atoms with E-state index in [4.69, 9.17) is 5.73 Å². The van der Waals surface area contributed by atoms with Gasteiger partial charge in [0.25, 0.3) is 0 Å². The van der Waals surface area contributed by atoms with Crippen LogP contribution in [0.15, 0.2) is 24.3 Å². The molecule has 0 heterocycles. The van der Waals surface area contributed by atoms with Crippen LogP contribution in [0.3, 0.4) is 0 Å². The molecular formula is C11H17N3O3S. The van der Waals surface area contributed by atoms with Crippen LogP contribution in [-0.2, 0) is 27.1 Å². The van der Waals surface area contributed by atoms with Crippen LogP contribution in [0, 0.1) is 0 Å². The summed E-state index contributed by atoms with van der Waals surface area (Å²) in [4.78, 5) is 10.9. The summed E-state index contributed by atoms with van der Waals surface area (Å²) >= 11 is 0. The Morgan fingerprint density at radius 1 is 1.22 bits per heavy atom. The summed E-state index contributed by atoms with van der Waals surface area (Å²) in [7, 11) is -2.05. The first-order chi connectivity index (χ1) is 8.46. The molecule has 0 fully saturated rings. The lowest BCUT2D eigenvalue weighted by molar-refractivity contribution is -0.119. The highest BCUT2D eigenvalue weighted by molar-refractivity contribution is 7.88. The first kappa shape index (κ1) is 14.6. The third-order valence-electron chi connectivity index (χ3n) is 2.35. The van der Waals surface area contributed by atoms with E-state index in [0.717, 1.165) is 5.56 Å². The molecule has 100 valence electrons. The standard InChI is InChI=1S/C11H17N3O3S/c1-13-11(15)7-14-18(16,17)8-10-4-2-9(6-12)3-5-10/h2-5,14H,6-8,12H2,1H3,(H,13,15). The van der Waals surface area contributed by atoms with Crippen molar-refractivity contribution >= 4 is 15.9 Å². The van der Waals surface area contributed by atoms with Crippen LogP contribution >= 0.6 is 0 Å². The summed E-state index contributed by atoms with van der Waals surface area (Å²) in [5, 5.41) is 2.34. The van der Waals surface area contributed by atoms with Gasteiger partial charge in [-0.1, -0.05) is 24.3 Å². The average Bonchev–Trinajstić information content (AvgIpc) is 2.36. The molecule has 0 unspecified atom stereocenters. The number of amides is 1. The van der Waals surface area contributed by atoms with Crippen molar-refractivity contribution in [3.63, 3.8) is 0 Å². The fourth-order valence-electron chi connectivity index (χ4n) is 1.31. The summed E-state index contributed by atoms with van der Waals surface area (Å²) < 4.78 is 25.5. The van der Waals surface area contributed by atoms with Gasteiger partial charge in [0, 0.05) is 13.6 Å². The SMILES string of the molecule is CNC(=O)CNS(=O)(=O)Cc1ccc(CN)cc1. The second kappa shape index (κ2) is 6.48. The van der Waals surface area contributed by atoms with E-state index in [-0.39, 0.29) is 18.2 Å². The summed E-state index contributed by atoms with van der Waals surface area (Å²) in [6, 6.07) is 6.98. The smallest absolute Gasteiger partial charge is 0.234 e. The molecule has 1 aromatic carbocycles. The Morgan fingerprint density at radius 2 is 1.78 bits per heavy atom. The quantitative estimate of drug-likeness (QED) is 0.637. The van der Waals surface area contributed by atoms with Crippen molar-refractivity contribution in [1.82, 2.24) is 10.0 Å². The third kappa shape index (κ3) is 4.82. The number of likely N-dealkylation sites (N-methyl/N-ethyl adjacent to an activating group) is 1. The van der Waals surface area contributed by atoms with Gasteiger partial charge in [-0.15, -0.1) is 0 Å². The lowest BCUT2D eigenvalue weighted by atomic mass is 10.1. The van der Waals surface area contributed by atoms with E-state index in [1.807, 2.05) is 0 Å². The Labute approximate surface area is 107 Å². The minimum absolute atomic E-state index is 0.158. The zero-order valence-corrected chi connectivity index (χ0v) is 11.0. The second-order valence-corrected chi connectivity index (χ2v) is 5.58. The molecule has 0 saturated carbocycles. The van der Waals surface area contributed by atoms with E-state index in [1.54, 1.807) is 24.3 Å². The summed E-state index contributed by atoms with van der Waals surface area (Å²) in [6.07, 6.45) is 0. The fourth-order valence-corrected chi connectivity index (χ4v) is 2.39. The van der Waals surface area contributed by atoms with Crippen LogP contribution in [-0.4, -0.2) is 27.9 Å². The van der Waals surface area contributed by atoms with Crippen LogP contribution in [0.2, 0.25) is 0 Å². The van der Waals surface area contributed by atoms with E-state index >= 15 is 0 Å². The summed E-state index contributed by atoms with van der Waals surface area (Å²) in [5.41, 5.74) is 7.04. The third-order valence-corrected chi connectivity index (χ3v) is 3.64. The van der Waals surface area contributed by atoms with Gasteiger partial charge in [-0.25, -0.2) is 13.1 Å². The fraction of sp³-hybridized carbons (Fsp3) is 0.364. The summed E-state index contributed by atoms with van der Waals surface area (Å²) in [6.45, 7) is 0.168. The number of nitrogens with one attached hydrogen (secondary N) is 2. The van der Waals surface area contributed by atoms with Crippen molar-refractivity contribution in [2.75, 3.05) is 13.6 Å². The monoisotopic (exact) mass is 271 g/mol. The second-order valence-electron chi connectivity index (χ2n) is 3.77. The number of carbonyl (C=O) groups excluding carboxylic acids is 1. The normalized spacial score (nSPS) is 11.2. The first-order valence-corrected chi connectivity index (χ1v) is 7.08. The predicted molar refractivity (Wildman–Crippen MR) is 69.0 cm³/mol. The van der Waals surface area contributed by atoms with Gasteiger partial charge in [0.2, 0.25) is 15.9 Å². The highest BCUT2D eigenvalue weighted by Gasteiger charge is 2.12. The Bertz CT molecular complexity index is 497. The van der Waals surface area contributed by atoms with Crippen LogP contribution in [0.25, 0.3) is 0 Å². The molecule has 6 nitrogen and oxygen atoms in total. The average molecular weight is 271 g/mol. The Kier molecular flexibility index (Phi) is 5.26. The van der Waals surface area contributed by atoms with Crippen LogP contribution in [0.4, 0.5) is 0 Å². The molecule has 18 heavy (non-hydrogen) atoms. The zero-order valence-electron chi connectivity index (χ0n) is 10.1. The predicted octanol–water partition coefficient (Wildman–Crippen LogP) is -0.689. The molecule has 7 heteroatoms. The van der Waals surface area contributed by atoms with Gasteiger partial charge >= 0.3 is 0 Å². The molecule has 0 aliphatic rings. The Balaban J connectivity index is 2.61. The number of rotatable bonds is 6. The molecule has 4 N–H and O–H groups in total. The number of nitrogens with two attached hydrogens (primary N) is 1. The molecule has 1 rings (SSSR count). The Hall–Kier alpha value is -1.44. The van der Waals surface area contributed by atoms with Crippen molar-refractivity contribution < 1.29 is 13.2 Å². The number of carbonyl (C=O) groups is 1. The zero-order chi connectivity index (χ0) is 13.6. The van der Waals surface area contributed by atoms with Gasteiger partial charge in [0.15, 0.2) is 0 Å². The highest BCUT2D eigenvalue weighted by Crippen LogP contribution is 2.07. The highest BCUT2D eigenvalue weighted by atomic mass is 32.2. The van der Waals surface area contributed by atoms with Gasteiger partial charge in [0.1, 0.15) is 0 Å². The largest absolute Gasteiger partial charge is 0.358 e. The number of hydrogen-bond acceptors (Lipinski definition) is 4. The first-order valence-electron chi connectivity index (χ1n) is 5.42. The molecule has 0 saturated heterocycles. The minimum atomic E-state index is -3.50. The maximum Gasteiger partial charge on any atom is 0.234 e. The van der Waals surface area contributed by atoms with Crippen molar-refractivity contribution in [3.05, 3.63) is 35.4 Å². The van der Waals surface area contributed by atoms with Gasteiger partial charge in [-0.2, -0.15) is 0 Å². The number of hydrogen-bond donors (Lipinski definition) is 3. The molecule has 1 aromatic rings. The van der Waals surface area contributed by atoms with E-state index in [9.17, 15) is 13.2 Å². The molecule has 0 atom stereocenters. The van der Waals surface area contributed by atoms with E-state index in [1.165, 1.54) is 7.05 Å². The lowest BCUT2D eigenvalue weighted by Gasteiger charge is -2.06. The molecule has 0 bridgehead atoms. The van der Waals surface area contributed by atoms with Crippen molar-refractivity contribution in [3.8, 4) is 0 Å². The van der Waals surface area contributed by atoms with Crippen molar-refractivity contribution in [1.29, 1.82) is 0 Å². The topological polar surface area (TPSA) is 101 Å². The van der Waals surface area contributed by atoms with Crippen molar-refractivity contribution in [2.24, 2.45) is 5.73 Å². The molecule has 0 aliphatic heterocycles. The number of sulfonamides is 1. The van der Waals surface area contributed by atoms with E-state index in [0.29, 0.717) is 12.1 Å². The molecule has 0 radical (unpaired) electrons. The van der Waals surface area contributed by atoms with Gasteiger partial charge in [-0.05, 0) is 11.1 Å². The number of benzene rings is 1. The molecule has 0 aliphatic carbocycles. The Morgan fingerprint density at radius 3 is 2.28 bits per heavy atom. The van der Waals surface area contributed by atoms with Crippen LogP contribution in [0.1, 0.15) is 11.1 Å². The van der Waals surface area contributed by atoms with Crippen LogP contribution < -0.4 is 15.8 Å². The minimum Gasteiger partial charge on any atom is -0.358 e. The molecule has 0 spiro atoms. The van der Waals surface area contributed by atoms with Crippen LogP contribution in [0.5, 0.6) is 0 Å². The summed E-state index contributed by atoms with van der Waals surface area (Å²) in [5.74, 6) is -0.536. The van der Waals surface area contributed by atoms with Gasteiger partial charge in [0.05, 0.1) is 12.3 Å². The van der Waals surface area contributed by atoms with Crippen molar-refractivity contribution in [2.45, 2.75) is 12.3 Å². The maximum absolute atomic E-state index is 11.7.